The number of carboxylic acid groups (broad SMARTS) is 1. The number of piperazine rings is 1. The molecule has 1 aromatic heterocycles. The molecule has 2 aliphatic heterocycles. The molecule has 0 radical (unpaired) electrons. The molecule has 1 amide bonds. The molecule has 0 aliphatic carbocycles. The number of hydrazine groups is 1. The number of sulfonamides is 1. The first-order valence-electron chi connectivity index (χ1n) is 12.2. The highest BCUT2D eigenvalue weighted by Gasteiger charge is 2.27. The Bertz CT molecular complexity index is 1320. The van der Waals surface area contributed by atoms with Crippen LogP contribution < -0.4 is 25.7 Å². The molecule has 2 atom stereocenters. The maximum Gasteiger partial charge on any atom is 0.374 e. The van der Waals surface area contributed by atoms with Crippen LogP contribution in [0.5, 0.6) is 0 Å². The minimum atomic E-state index is -3.36. The van der Waals surface area contributed by atoms with E-state index in [0.29, 0.717) is 49.9 Å². The van der Waals surface area contributed by atoms with Gasteiger partial charge in [-0.1, -0.05) is 26.0 Å². The fourth-order valence-corrected chi connectivity index (χ4v) is 6.68. The van der Waals surface area contributed by atoms with E-state index in [1.54, 1.807) is 28.0 Å². The van der Waals surface area contributed by atoms with Crippen LogP contribution >= 0.6 is 10.7 Å². The molecule has 1 fully saturated rings. The van der Waals surface area contributed by atoms with E-state index in [1.165, 1.54) is 0 Å². The molecule has 15 heteroatoms. The van der Waals surface area contributed by atoms with E-state index >= 15 is 0 Å². The second kappa shape index (κ2) is 12.0. The van der Waals surface area contributed by atoms with Crippen molar-refractivity contribution in [2.75, 3.05) is 52.3 Å². The molecule has 1 aromatic carbocycles. The van der Waals surface area contributed by atoms with Gasteiger partial charge in [0.15, 0.2) is 0 Å². The zero-order valence-corrected chi connectivity index (χ0v) is 22.8. The van der Waals surface area contributed by atoms with Crippen LogP contribution in [-0.4, -0.2) is 76.4 Å². The summed E-state index contributed by atoms with van der Waals surface area (Å²) in [6.45, 7) is 5.86. The number of rotatable bonds is 10. The smallest absolute Gasteiger partial charge is 0.374 e. The lowest BCUT2D eigenvalue weighted by atomic mass is 10.2. The largest absolute Gasteiger partial charge is 0.473 e. The zero-order valence-electron chi connectivity index (χ0n) is 21.2. The molecule has 0 bridgehead atoms. The molecule has 38 heavy (non-hydrogen) atoms. The number of nitrogens with zero attached hydrogens (tertiary/aromatic N) is 4. The summed E-state index contributed by atoms with van der Waals surface area (Å²) in [4.78, 5) is 34.6. The second-order valence-corrected chi connectivity index (χ2v) is 12.6. The Balaban J connectivity index is 1.51. The number of amides is 1. The van der Waals surface area contributed by atoms with Gasteiger partial charge in [0, 0.05) is 48.6 Å². The number of carbonyl (C=O) groups excluding carboxylic acids is 1. The predicted molar refractivity (Wildman–Crippen MR) is 150 cm³/mol. The molecular formula is C23H32N8O5S2. The summed E-state index contributed by atoms with van der Waals surface area (Å²) in [6.07, 6.45) is 0.531. The van der Waals surface area contributed by atoms with E-state index in [0.717, 1.165) is 5.56 Å². The van der Waals surface area contributed by atoms with E-state index in [-0.39, 0.29) is 30.1 Å². The zero-order chi connectivity index (χ0) is 27.3. The van der Waals surface area contributed by atoms with E-state index in [1.807, 2.05) is 30.9 Å². The summed E-state index contributed by atoms with van der Waals surface area (Å²) < 4.78 is 28.2. The molecule has 2 unspecified atom stereocenters. The number of anilines is 4. The molecule has 1 saturated heterocycles. The minimum Gasteiger partial charge on any atom is -0.473 e. The number of nitrogens with one attached hydrogen (secondary N) is 4. The van der Waals surface area contributed by atoms with Crippen molar-refractivity contribution in [2.45, 2.75) is 26.8 Å². The van der Waals surface area contributed by atoms with E-state index in [4.69, 9.17) is 0 Å². The number of hydrogen-bond donors (Lipinski definition) is 5. The van der Waals surface area contributed by atoms with Crippen LogP contribution in [0, 0.1) is 5.92 Å². The molecule has 0 saturated carbocycles. The van der Waals surface area contributed by atoms with Crippen molar-refractivity contribution < 1.29 is 23.1 Å². The van der Waals surface area contributed by atoms with Crippen molar-refractivity contribution in [3.63, 3.8) is 0 Å². The summed E-state index contributed by atoms with van der Waals surface area (Å²) in [7, 11) is -4.49. The van der Waals surface area contributed by atoms with Gasteiger partial charge in [-0.05, 0) is 35.4 Å². The van der Waals surface area contributed by atoms with Crippen LogP contribution in [0.3, 0.4) is 0 Å². The number of hydrogen-bond acceptors (Lipinski definition) is 10. The van der Waals surface area contributed by atoms with Crippen molar-refractivity contribution in [1.82, 2.24) is 19.7 Å². The number of benzene rings is 1. The minimum absolute atomic E-state index is 0.0590. The van der Waals surface area contributed by atoms with Crippen LogP contribution in [-0.2, 0) is 21.4 Å². The Labute approximate surface area is 224 Å². The molecule has 13 nitrogen and oxygen atoms in total. The molecule has 5 N–H and O–H groups in total. The Morgan fingerprint density at radius 3 is 2.71 bits per heavy atom. The highest BCUT2D eigenvalue weighted by molar-refractivity contribution is 8.25. The van der Waals surface area contributed by atoms with Crippen LogP contribution in [0.25, 0.3) is 0 Å². The van der Waals surface area contributed by atoms with Gasteiger partial charge in [-0.15, -0.1) is 0 Å². The average Bonchev–Trinajstić information content (AvgIpc) is 3.23. The summed E-state index contributed by atoms with van der Waals surface area (Å²) in [5, 5.41) is 16.5. The van der Waals surface area contributed by atoms with Gasteiger partial charge in [0.2, 0.25) is 21.9 Å². The first-order chi connectivity index (χ1) is 18.1. The molecular weight excluding hydrogens is 532 g/mol. The van der Waals surface area contributed by atoms with Crippen LogP contribution in [0.15, 0.2) is 30.3 Å². The molecule has 2 aromatic rings. The highest BCUT2D eigenvalue weighted by atomic mass is 32.2. The fraction of sp³-hybridized carbons (Fsp3) is 0.435. The maximum absolute atomic E-state index is 12.0. The summed E-state index contributed by atoms with van der Waals surface area (Å²) >= 11 is 0. The molecule has 206 valence electrons. The summed E-state index contributed by atoms with van der Waals surface area (Å²) in [5.41, 5.74) is 4.44. The van der Waals surface area contributed by atoms with Gasteiger partial charge in [-0.2, -0.15) is 14.4 Å². The lowest BCUT2D eigenvalue weighted by Crippen LogP contribution is -2.48. The highest BCUT2D eigenvalue weighted by Crippen LogP contribution is 2.30. The average molecular weight is 565 g/mol. The van der Waals surface area contributed by atoms with Crippen molar-refractivity contribution in [1.29, 1.82) is 0 Å². The quantitative estimate of drug-likeness (QED) is 0.268. The van der Waals surface area contributed by atoms with Crippen LogP contribution in [0.4, 0.5) is 28.1 Å². The molecule has 3 heterocycles. The third-order valence-electron chi connectivity index (χ3n) is 5.70. The summed E-state index contributed by atoms with van der Waals surface area (Å²) in [6, 6.07) is 8.77. The molecule has 2 aliphatic rings. The standard InChI is InChI=1S/C23H32N8O5S2/c1-3-10-38(35,36)29-18-6-4-17(5-7-18)12-25-19-11-20(30-9-8-24-21(32)14-30)27-22(26-19)28-31-13-16(2)15-37(31)23(33)34/h4-7,11,15-16,29H,3,8-10,12-14H2,1-2H3,(H,24,32)(H,33,34)(H2,25,26,27,28). The first-order valence-corrected chi connectivity index (χ1v) is 15.1. The van der Waals surface area contributed by atoms with E-state index < -0.39 is 26.0 Å². The number of carbonyl (C=O) groups is 2. The lowest BCUT2D eigenvalue weighted by Gasteiger charge is -2.28. The second-order valence-electron chi connectivity index (χ2n) is 9.04. The third kappa shape index (κ3) is 7.33. The van der Waals surface area contributed by atoms with Gasteiger partial charge >= 0.3 is 5.30 Å². The lowest BCUT2D eigenvalue weighted by molar-refractivity contribution is -0.120. The third-order valence-corrected chi connectivity index (χ3v) is 8.99. The van der Waals surface area contributed by atoms with Crippen LogP contribution in [0.2, 0.25) is 0 Å². The van der Waals surface area contributed by atoms with E-state index in [2.05, 4.69) is 30.7 Å². The summed E-state index contributed by atoms with van der Waals surface area (Å²) in [5.74, 6) is 1.28. The Morgan fingerprint density at radius 2 is 2.03 bits per heavy atom. The maximum atomic E-state index is 12.0. The van der Waals surface area contributed by atoms with Crippen molar-refractivity contribution >= 4 is 60.5 Å². The van der Waals surface area contributed by atoms with Gasteiger partial charge in [0.25, 0.3) is 0 Å². The predicted octanol–water partition coefficient (Wildman–Crippen LogP) is 2.12. The molecule has 0 spiro atoms. The molecule has 4 rings (SSSR count). The van der Waals surface area contributed by atoms with E-state index in [9.17, 15) is 23.1 Å². The van der Waals surface area contributed by atoms with Crippen molar-refractivity contribution in [3.05, 3.63) is 35.9 Å². The monoisotopic (exact) mass is 564 g/mol. The SMILES string of the molecule is CCCS(=O)(=O)Nc1ccc(CNc2cc(N3CCNC(=O)C3)nc(NN3CC(C)C=S3C(=O)O)n2)cc1. The normalized spacial score (nSPS) is 19.9. The van der Waals surface area contributed by atoms with Gasteiger partial charge < -0.3 is 20.6 Å². The van der Waals surface area contributed by atoms with Crippen LogP contribution in [0.1, 0.15) is 25.8 Å². The van der Waals surface area contributed by atoms with Crippen molar-refractivity contribution in [2.24, 2.45) is 5.92 Å². The van der Waals surface area contributed by atoms with Gasteiger partial charge in [-0.25, -0.2) is 13.2 Å². The van der Waals surface area contributed by atoms with Gasteiger partial charge in [-0.3, -0.25) is 14.9 Å². The van der Waals surface area contributed by atoms with Crippen molar-refractivity contribution in [3.8, 4) is 0 Å². The Kier molecular flexibility index (Phi) is 8.69. The fourth-order valence-electron chi connectivity index (χ4n) is 3.99. The topological polar surface area (TPSA) is 169 Å². The Hall–Kier alpha value is -3.43. The Morgan fingerprint density at radius 1 is 1.26 bits per heavy atom. The first kappa shape index (κ1) is 27.6. The van der Waals surface area contributed by atoms with Gasteiger partial charge in [0.05, 0.1) is 12.3 Å². The van der Waals surface area contributed by atoms with Gasteiger partial charge in [0.1, 0.15) is 11.6 Å². The number of aromatic nitrogens is 2.